The molecule has 11 heteroatoms. The number of thiazole rings is 1. The Morgan fingerprint density at radius 2 is 2.00 bits per heavy atom. The zero-order valence-electron chi connectivity index (χ0n) is 15.2. The van der Waals surface area contributed by atoms with Crippen LogP contribution >= 0.6 is 11.3 Å². The van der Waals surface area contributed by atoms with E-state index < -0.39 is 12.3 Å². The molecule has 0 atom stereocenters. The van der Waals surface area contributed by atoms with E-state index in [4.69, 9.17) is 10.2 Å². The van der Waals surface area contributed by atoms with Gasteiger partial charge in [-0.3, -0.25) is 4.98 Å². The van der Waals surface area contributed by atoms with E-state index in [2.05, 4.69) is 25.1 Å². The van der Waals surface area contributed by atoms with E-state index in [-0.39, 0.29) is 5.89 Å². The predicted molar refractivity (Wildman–Crippen MR) is 107 cm³/mol. The molecule has 0 fully saturated rings. The summed E-state index contributed by atoms with van der Waals surface area (Å²) >= 11 is 1.43. The molecule has 0 aliphatic heterocycles. The number of aromatic nitrogens is 6. The number of alkyl halides is 2. The number of hydrogen-bond acceptors (Lipinski definition) is 8. The van der Waals surface area contributed by atoms with Gasteiger partial charge in [0.2, 0.25) is 5.89 Å². The molecule has 8 nitrogen and oxygen atoms in total. The molecule has 0 spiro atoms. The summed E-state index contributed by atoms with van der Waals surface area (Å²) in [5.74, 6) is -0.681. The van der Waals surface area contributed by atoms with Crippen molar-refractivity contribution in [2.24, 2.45) is 0 Å². The molecule has 5 rings (SSSR count). The fourth-order valence-corrected chi connectivity index (χ4v) is 3.80. The molecule has 0 aliphatic rings. The summed E-state index contributed by atoms with van der Waals surface area (Å²) in [6.45, 7) is 0.437. The number of nitrogens with two attached hydrogens (primary N) is 1. The van der Waals surface area contributed by atoms with Crippen molar-refractivity contribution in [3.63, 3.8) is 0 Å². The first-order chi connectivity index (χ1) is 14.5. The highest BCUT2D eigenvalue weighted by atomic mass is 32.1. The van der Waals surface area contributed by atoms with Crippen LogP contribution < -0.4 is 5.73 Å². The van der Waals surface area contributed by atoms with Crippen molar-refractivity contribution in [3.05, 3.63) is 60.6 Å². The fourth-order valence-electron chi connectivity index (χ4n) is 3.02. The summed E-state index contributed by atoms with van der Waals surface area (Å²) in [6.07, 6.45) is 2.37. The van der Waals surface area contributed by atoms with Gasteiger partial charge in [-0.05, 0) is 24.3 Å². The van der Waals surface area contributed by atoms with Gasteiger partial charge in [0.05, 0.1) is 34.5 Å². The molecule has 1 aromatic carbocycles. The van der Waals surface area contributed by atoms with E-state index in [1.54, 1.807) is 24.7 Å². The Morgan fingerprint density at radius 1 is 1.10 bits per heavy atom. The van der Waals surface area contributed by atoms with Crippen LogP contribution in [0.4, 0.5) is 13.9 Å². The number of benzene rings is 1. The maximum Gasteiger partial charge on any atom is 0.314 e. The summed E-state index contributed by atoms with van der Waals surface area (Å²) in [5.41, 5.74) is 9.60. The van der Waals surface area contributed by atoms with Crippen LogP contribution in [-0.2, 0) is 6.54 Å². The van der Waals surface area contributed by atoms with E-state index in [0.29, 0.717) is 22.9 Å². The van der Waals surface area contributed by atoms with E-state index in [1.165, 1.54) is 11.3 Å². The minimum Gasteiger partial charge on any atom is -0.415 e. The van der Waals surface area contributed by atoms with Gasteiger partial charge in [0, 0.05) is 23.5 Å². The number of imidazole rings is 1. The summed E-state index contributed by atoms with van der Waals surface area (Å²) in [6, 6.07) is 9.21. The number of nitrogen functional groups attached to an aromatic ring is 1. The van der Waals surface area contributed by atoms with Crippen molar-refractivity contribution in [2.75, 3.05) is 5.73 Å². The van der Waals surface area contributed by atoms with Crippen LogP contribution in [-0.4, -0.2) is 29.7 Å². The molecule has 30 heavy (non-hydrogen) atoms. The van der Waals surface area contributed by atoms with Gasteiger partial charge in [0.15, 0.2) is 5.13 Å². The molecule has 2 N–H and O–H groups in total. The Morgan fingerprint density at radius 3 is 2.83 bits per heavy atom. The maximum atomic E-state index is 12.7. The van der Waals surface area contributed by atoms with E-state index in [9.17, 15) is 8.78 Å². The topological polar surface area (TPSA) is 109 Å². The minimum atomic E-state index is -2.81. The molecule has 4 heterocycles. The molecular weight excluding hydrogens is 412 g/mol. The maximum absolute atomic E-state index is 12.7. The van der Waals surface area contributed by atoms with Crippen LogP contribution in [0.2, 0.25) is 0 Å². The monoisotopic (exact) mass is 425 g/mol. The van der Waals surface area contributed by atoms with Crippen molar-refractivity contribution in [1.29, 1.82) is 0 Å². The van der Waals surface area contributed by atoms with Crippen LogP contribution in [0.25, 0.3) is 32.9 Å². The number of hydrogen-bond donors (Lipinski definition) is 1. The number of anilines is 1. The lowest BCUT2D eigenvalue weighted by Gasteiger charge is -2.03. The third kappa shape index (κ3) is 3.50. The largest absolute Gasteiger partial charge is 0.415 e. The van der Waals surface area contributed by atoms with Gasteiger partial charge in [-0.15, -0.1) is 10.2 Å². The van der Waals surface area contributed by atoms with Crippen LogP contribution in [0.15, 0.2) is 53.5 Å². The van der Waals surface area contributed by atoms with Gasteiger partial charge in [-0.1, -0.05) is 17.4 Å². The zero-order chi connectivity index (χ0) is 20.7. The lowest BCUT2D eigenvalue weighted by atomic mass is 10.1. The second-order valence-corrected chi connectivity index (χ2v) is 7.51. The van der Waals surface area contributed by atoms with Gasteiger partial charge in [-0.25, -0.2) is 9.97 Å². The molecule has 0 bridgehead atoms. The third-order valence-electron chi connectivity index (χ3n) is 4.37. The van der Waals surface area contributed by atoms with Gasteiger partial charge < -0.3 is 14.7 Å². The summed E-state index contributed by atoms with van der Waals surface area (Å²) in [4.78, 5) is 13.0. The molecule has 5 aromatic rings. The Bertz CT molecular complexity index is 1340. The highest BCUT2D eigenvalue weighted by Gasteiger charge is 2.17. The average Bonchev–Trinajstić information content (AvgIpc) is 3.46. The number of nitrogens with zero attached hydrogens (tertiary/aromatic N) is 6. The normalized spacial score (nSPS) is 11.6. The summed E-state index contributed by atoms with van der Waals surface area (Å²) < 4.78 is 33.2. The Labute approximate surface area is 172 Å². The van der Waals surface area contributed by atoms with E-state index in [1.807, 2.05) is 29.0 Å². The Hall–Kier alpha value is -3.73. The van der Waals surface area contributed by atoms with Crippen LogP contribution in [0.5, 0.6) is 0 Å². The quantitative estimate of drug-likeness (QED) is 0.450. The van der Waals surface area contributed by atoms with Gasteiger partial charge in [0.25, 0.3) is 5.89 Å². The highest BCUT2D eigenvalue weighted by Crippen LogP contribution is 2.29. The second kappa shape index (κ2) is 7.26. The predicted octanol–water partition coefficient (Wildman–Crippen LogP) is 4.17. The first kappa shape index (κ1) is 18.3. The molecule has 0 saturated carbocycles. The second-order valence-electron chi connectivity index (χ2n) is 6.45. The number of halogens is 2. The van der Waals surface area contributed by atoms with Crippen molar-refractivity contribution in [2.45, 2.75) is 13.0 Å². The average molecular weight is 425 g/mol. The van der Waals surface area contributed by atoms with Gasteiger partial charge in [-0.2, -0.15) is 8.78 Å². The Kier molecular flexibility index (Phi) is 4.43. The van der Waals surface area contributed by atoms with Crippen molar-refractivity contribution < 1.29 is 13.2 Å². The smallest absolute Gasteiger partial charge is 0.314 e. The lowest BCUT2D eigenvalue weighted by molar-refractivity contribution is 0.116. The first-order valence-electron chi connectivity index (χ1n) is 8.80. The molecule has 0 radical (unpaired) electrons. The van der Waals surface area contributed by atoms with Crippen LogP contribution in [0.3, 0.4) is 0 Å². The van der Waals surface area contributed by atoms with Gasteiger partial charge >= 0.3 is 6.43 Å². The molecule has 0 aliphatic carbocycles. The molecular formula is C19H13F2N7OS. The van der Waals surface area contributed by atoms with Crippen LogP contribution in [0, 0.1) is 0 Å². The van der Waals surface area contributed by atoms with E-state index >= 15 is 0 Å². The minimum absolute atomic E-state index is 0.0254. The zero-order valence-corrected chi connectivity index (χ0v) is 16.1. The molecule has 0 amide bonds. The first-order valence-corrected chi connectivity index (χ1v) is 9.62. The van der Waals surface area contributed by atoms with Crippen LogP contribution in [0.1, 0.15) is 18.0 Å². The highest BCUT2D eigenvalue weighted by molar-refractivity contribution is 7.22. The molecule has 0 unspecified atom stereocenters. The summed E-state index contributed by atoms with van der Waals surface area (Å²) in [7, 11) is 0. The van der Waals surface area contributed by atoms with Gasteiger partial charge in [0.1, 0.15) is 0 Å². The summed E-state index contributed by atoms with van der Waals surface area (Å²) in [5, 5.41) is 7.55. The molecule has 0 saturated heterocycles. The number of rotatable bonds is 5. The Balaban J connectivity index is 1.38. The molecule has 150 valence electrons. The van der Waals surface area contributed by atoms with E-state index in [0.717, 1.165) is 21.5 Å². The lowest BCUT2D eigenvalue weighted by Crippen LogP contribution is -1.99. The fraction of sp³-hybridized carbons (Fsp3) is 0.105. The third-order valence-corrected chi connectivity index (χ3v) is 5.22. The standard InChI is InChI=1S/C19H13F2N7OS/c20-16(21)18-27-26-17(29-18)11-3-4-23-12(5-11)7-28-8-14(24-9-28)10-1-2-13-15(6-10)30-19(22)25-13/h1-6,8-9,16H,7H2,(H2,22,25). The van der Waals surface area contributed by atoms with Crippen molar-refractivity contribution in [3.8, 4) is 22.7 Å². The molecule has 4 aromatic heterocycles. The number of fused-ring (bicyclic) bond motifs is 1. The van der Waals surface area contributed by atoms with Crippen molar-refractivity contribution >= 4 is 26.7 Å². The number of pyridine rings is 1. The van der Waals surface area contributed by atoms with Crippen molar-refractivity contribution in [1.82, 2.24) is 29.7 Å². The SMILES string of the molecule is Nc1nc2ccc(-c3cn(Cc4cc(-c5nnc(C(F)F)o5)ccn4)cn3)cc2s1.